The molecule has 0 fully saturated rings. The number of rotatable bonds is 4. The molecule has 0 aliphatic rings. The molecule has 0 spiro atoms. The number of benzene rings is 2. The SMILES string of the molecule is COc1ccc(C(=O)N(C)C)cc1NC(=O)c1cc2ccccc2c(Cl)n1. The van der Waals surface area contributed by atoms with E-state index in [0.29, 0.717) is 17.0 Å². The van der Waals surface area contributed by atoms with Crippen LogP contribution in [0.3, 0.4) is 0 Å². The second-order valence-corrected chi connectivity index (χ2v) is 6.45. The first-order valence-corrected chi connectivity index (χ1v) is 8.55. The van der Waals surface area contributed by atoms with E-state index < -0.39 is 5.91 Å². The first kappa shape index (κ1) is 18.7. The van der Waals surface area contributed by atoms with Crippen LogP contribution in [-0.2, 0) is 0 Å². The van der Waals surface area contributed by atoms with Crippen LogP contribution >= 0.6 is 11.6 Å². The minimum atomic E-state index is -0.449. The molecule has 0 radical (unpaired) electrons. The Balaban J connectivity index is 1.96. The van der Waals surface area contributed by atoms with Crippen molar-refractivity contribution in [1.29, 1.82) is 0 Å². The molecule has 1 heterocycles. The number of methoxy groups -OCH3 is 1. The Morgan fingerprint density at radius 2 is 1.85 bits per heavy atom. The Morgan fingerprint density at radius 1 is 1.11 bits per heavy atom. The van der Waals surface area contributed by atoms with Crippen molar-refractivity contribution in [3.63, 3.8) is 0 Å². The highest BCUT2D eigenvalue weighted by molar-refractivity contribution is 6.34. The maximum absolute atomic E-state index is 12.7. The summed E-state index contributed by atoms with van der Waals surface area (Å²) in [4.78, 5) is 30.5. The summed E-state index contributed by atoms with van der Waals surface area (Å²) in [6, 6.07) is 13.9. The molecule has 6 nitrogen and oxygen atoms in total. The Bertz CT molecular complexity index is 1030. The first-order valence-electron chi connectivity index (χ1n) is 8.17. The van der Waals surface area contributed by atoms with Crippen molar-refractivity contribution in [2.24, 2.45) is 0 Å². The lowest BCUT2D eigenvalue weighted by Gasteiger charge is -2.14. The third kappa shape index (κ3) is 3.85. The minimum Gasteiger partial charge on any atom is -0.495 e. The Morgan fingerprint density at radius 3 is 2.56 bits per heavy atom. The van der Waals surface area contributed by atoms with Crippen LogP contribution in [0.2, 0.25) is 5.15 Å². The number of pyridine rings is 1. The van der Waals surface area contributed by atoms with Crippen molar-refractivity contribution >= 4 is 39.9 Å². The van der Waals surface area contributed by atoms with E-state index in [1.807, 2.05) is 24.3 Å². The molecule has 1 N–H and O–H groups in total. The maximum atomic E-state index is 12.7. The maximum Gasteiger partial charge on any atom is 0.274 e. The largest absolute Gasteiger partial charge is 0.495 e. The van der Waals surface area contributed by atoms with Crippen LogP contribution in [0.5, 0.6) is 5.75 Å². The number of anilines is 1. The lowest BCUT2D eigenvalue weighted by atomic mass is 10.1. The molecule has 3 rings (SSSR count). The van der Waals surface area contributed by atoms with Gasteiger partial charge in [-0.05, 0) is 29.7 Å². The summed E-state index contributed by atoms with van der Waals surface area (Å²) in [5.41, 5.74) is 0.979. The number of hydrogen-bond acceptors (Lipinski definition) is 4. The highest BCUT2D eigenvalue weighted by Gasteiger charge is 2.16. The molecule has 27 heavy (non-hydrogen) atoms. The van der Waals surface area contributed by atoms with Gasteiger partial charge in [-0.2, -0.15) is 0 Å². The van der Waals surface area contributed by atoms with E-state index in [2.05, 4.69) is 10.3 Å². The highest BCUT2D eigenvalue weighted by atomic mass is 35.5. The van der Waals surface area contributed by atoms with Gasteiger partial charge in [-0.3, -0.25) is 9.59 Å². The molecule has 2 aromatic carbocycles. The zero-order chi connectivity index (χ0) is 19.6. The molecule has 2 amide bonds. The number of aromatic nitrogens is 1. The minimum absolute atomic E-state index is 0.171. The quantitative estimate of drug-likeness (QED) is 0.694. The third-order valence-electron chi connectivity index (χ3n) is 4.03. The monoisotopic (exact) mass is 383 g/mol. The number of halogens is 1. The summed E-state index contributed by atoms with van der Waals surface area (Å²) in [7, 11) is 4.81. The van der Waals surface area contributed by atoms with E-state index in [9.17, 15) is 9.59 Å². The number of hydrogen-bond donors (Lipinski definition) is 1. The van der Waals surface area contributed by atoms with Gasteiger partial charge in [0.15, 0.2) is 0 Å². The molecule has 0 aliphatic carbocycles. The average molecular weight is 384 g/mol. The van der Waals surface area contributed by atoms with Crippen molar-refractivity contribution in [3.05, 3.63) is 64.9 Å². The van der Waals surface area contributed by atoms with Gasteiger partial charge in [0.2, 0.25) is 0 Å². The standard InChI is InChI=1S/C20H18ClN3O3/c1-24(2)20(26)13-8-9-17(27-3)15(11-13)23-19(25)16-10-12-6-4-5-7-14(12)18(21)22-16/h4-11H,1-3H3,(H,23,25). The molecular formula is C20H18ClN3O3. The van der Waals surface area contributed by atoms with Crippen molar-refractivity contribution in [3.8, 4) is 5.75 Å². The zero-order valence-electron chi connectivity index (χ0n) is 15.1. The van der Waals surface area contributed by atoms with Gasteiger partial charge in [-0.15, -0.1) is 0 Å². The summed E-state index contributed by atoms with van der Waals surface area (Å²) in [5.74, 6) is -0.194. The lowest BCUT2D eigenvalue weighted by molar-refractivity contribution is 0.0827. The first-order chi connectivity index (χ1) is 12.9. The number of carbonyl (C=O) groups is 2. The average Bonchev–Trinajstić information content (AvgIpc) is 2.67. The predicted molar refractivity (Wildman–Crippen MR) is 106 cm³/mol. The van der Waals surface area contributed by atoms with E-state index in [-0.39, 0.29) is 16.8 Å². The molecular weight excluding hydrogens is 366 g/mol. The van der Waals surface area contributed by atoms with E-state index >= 15 is 0 Å². The molecule has 138 valence electrons. The van der Waals surface area contributed by atoms with Crippen LogP contribution in [0, 0.1) is 0 Å². The van der Waals surface area contributed by atoms with E-state index in [4.69, 9.17) is 16.3 Å². The summed E-state index contributed by atoms with van der Waals surface area (Å²) in [6.07, 6.45) is 0. The van der Waals surface area contributed by atoms with Crippen molar-refractivity contribution in [2.75, 3.05) is 26.5 Å². The van der Waals surface area contributed by atoms with Gasteiger partial charge in [0.1, 0.15) is 16.6 Å². The van der Waals surface area contributed by atoms with E-state index in [1.165, 1.54) is 12.0 Å². The Kier molecular flexibility index (Phi) is 5.28. The molecule has 1 aromatic heterocycles. The van der Waals surface area contributed by atoms with Crippen molar-refractivity contribution in [2.45, 2.75) is 0 Å². The topological polar surface area (TPSA) is 71.5 Å². The summed E-state index contributed by atoms with van der Waals surface area (Å²) < 4.78 is 5.29. The number of ether oxygens (including phenoxy) is 1. The van der Waals surface area contributed by atoms with Gasteiger partial charge in [0, 0.05) is 25.0 Å². The molecule has 0 aliphatic heterocycles. The van der Waals surface area contributed by atoms with Gasteiger partial charge in [0.05, 0.1) is 12.8 Å². The second-order valence-electron chi connectivity index (χ2n) is 6.09. The second kappa shape index (κ2) is 7.63. The van der Waals surface area contributed by atoms with Gasteiger partial charge in [-0.1, -0.05) is 35.9 Å². The summed E-state index contributed by atoms with van der Waals surface area (Å²) in [6.45, 7) is 0. The van der Waals surface area contributed by atoms with Crippen LogP contribution < -0.4 is 10.1 Å². The molecule has 0 saturated heterocycles. The fraction of sp³-hybridized carbons (Fsp3) is 0.150. The lowest BCUT2D eigenvalue weighted by Crippen LogP contribution is -2.22. The third-order valence-corrected chi connectivity index (χ3v) is 4.32. The van der Waals surface area contributed by atoms with Gasteiger partial charge in [0.25, 0.3) is 11.8 Å². The van der Waals surface area contributed by atoms with Crippen LogP contribution in [0.4, 0.5) is 5.69 Å². The van der Waals surface area contributed by atoms with Crippen LogP contribution in [0.15, 0.2) is 48.5 Å². The van der Waals surface area contributed by atoms with Gasteiger partial charge < -0.3 is 15.0 Å². The number of amides is 2. The van der Waals surface area contributed by atoms with Gasteiger partial charge in [-0.25, -0.2) is 4.98 Å². The van der Waals surface area contributed by atoms with E-state index in [1.54, 1.807) is 38.4 Å². The normalized spacial score (nSPS) is 10.5. The van der Waals surface area contributed by atoms with E-state index in [0.717, 1.165) is 10.8 Å². The fourth-order valence-electron chi connectivity index (χ4n) is 2.66. The van der Waals surface area contributed by atoms with Crippen molar-refractivity contribution < 1.29 is 14.3 Å². The number of nitrogens with one attached hydrogen (secondary N) is 1. The molecule has 0 saturated carbocycles. The predicted octanol–water partition coefficient (Wildman–Crippen LogP) is 3.85. The van der Waals surface area contributed by atoms with Crippen LogP contribution in [0.25, 0.3) is 10.8 Å². The van der Waals surface area contributed by atoms with Crippen molar-refractivity contribution in [1.82, 2.24) is 9.88 Å². The smallest absolute Gasteiger partial charge is 0.274 e. The molecule has 7 heteroatoms. The van der Waals surface area contributed by atoms with Crippen LogP contribution in [-0.4, -0.2) is 42.9 Å². The molecule has 0 atom stereocenters. The molecule has 3 aromatic rings. The number of carbonyl (C=O) groups excluding carboxylic acids is 2. The zero-order valence-corrected chi connectivity index (χ0v) is 15.9. The fourth-order valence-corrected chi connectivity index (χ4v) is 2.92. The number of fused-ring (bicyclic) bond motifs is 1. The summed E-state index contributed by atoms with van der Waals surface area (Å²) >= 11 is 6.20. The Labute approximate surface area is 161 Å². The summed E-state index contributed by atoms with van der Waals surface area (Å²) in [5, 5.41) is 4.58. The molecule has 0 bridgehead atoms. The number of nitrogens with zero attached hydrogens (tertiary/aromatic N) is 2. The van der Waals surface area contributed by atoms with Crippen LogP contribution in [0.1, 0.15) is 20.8 Å². The van der Waals surface area contributed by atoms with Gasteiger partial charge >= 0.3 is 0 Å². The highest BCUT2D eigenvalue weighted by Crippen LogP contribution is 2.27. The Hall–Kier alpha value is -3.12. The molecule has 0 unspecified atom stereocenters.